The lowest BCUT2D eigenvalue weighted by Crippen LogP contribution is -1.80. The highest BCUT2D eigenvalue weighted by Gasteiger charge is 2.18. The van der Waals surface area contributed by atoms with Crippen molar-refractivity contribution in [3.05, 3.63) is 58.5 Å². The van der Waals surface area contributed by atoms with E-state index in [1.54, 1.807) is 0 Å². The summed E-state index contributed by atoms with van der Waals surface area (Å²) in [7, 11) is 0. The first-order chi connectivity index (χ1) is 8.31. The van der Waals surface area contributed by atoms with Crippen LogP contribution in [0.15, 0.2) is 41.8 Å². The molecule has 2 aromatic carbocycles. The SMILES string of the molecule is Cc1ccc2c(c1)-c1cc3sccc3cc1C2. The van der Waals surface area contributed by atoms with Gasteiger partial charge in [0.25, 0.3) is 0 Å². The monoisotopic (exact) mass is 236 g/mol. The molecule has 0 fully saturated rings. The first-order valence-electron chi connectivity index (χ1n) is 5.91. The molecule has 0 radical (unpaired) electrons. The van der Waals surface area contributed by atoms with Crippen LogP contribution in [0.3, 0.4) is 0 Å². The number of fused-ring (bicyclic) bond motifs is 4. The van der Waals surface area contributed by atoms with Gasteiger partial charge in [0.1, 0.15) is 0 Å². The molecule has 1 heteroatoms. The zero-order valence-electron chi connectivity index (χ0n) is 9.66. The largest absolute Gasteiger partial charge is 0.144 e. The normalized spacial score (nSPS) is 12.8. The fourth-order valence-corrected chi connectivity index (χ4v) is 3.56. The molecule has 0 aliphatic heterocycles. The number of hydrogen-bond donors (Lipinski definition) is 0. The number of thiophene rings is 1. The van der Waals surface area contributed by atoms with E-state index in [0.717, 1.165) is 6.42 Å². The van der Waals surface area contributed by atoms with Crippen molar-refractivity contribution in [2.24, 2.45) is 0 Å². The Labute approximate surface area is 105 Å². The van der Waals surface area contributed by atoms with Gasteiger partial charge in [-0.25, -0.2) is 0 Å². The van der Waals surface area contributed by atoms with Gasteiger partial charge in [-0.3, -0.25) is 0 Å². The van der Waals surface area contributed by atoms with Gasteiger partial charge in [-0.1, -0.05) is 23.8 Å². The molecule has 0 spiro atoms. The number of aryl methyl sites for hydroxylation is 1. The lowest BCUT2D eigenvalue weighted by Gasteiger charge is -2.02. The van der Waals surface area contributed by atoms with Crippen LogP contribution in [0.25, 0.3) is 21.2 Å². The number of benzene rings is 2. The van der Waals surface area contributed by atoms with Gasteiger partial charge < -0.3 is 0 Å². The van der Waals surface area contributed by atoms with E-state index in [1.165, 1.54) is 37.9 Å². The molecule has 0 saturated carbocycles. The fourth-order valence-electron chi connectivity index (χ4n) is 2.75. The van der Waals surface area contributed by atoms with E-state index in [1.807, 2.05) is 11.3 Å². The lowest BCUT2D eigenvalue weighted by molar-refractivity contribution is 1.26. The number of rotatable bonds is 0. The van der Waals surface area contributed by atoms with Crippen molar-refractivity contribution >= 4 is 21.4 Å². The Hall–Kier alpha value is -1.60. The molecule has 0 atom stereocenters. The van der Waals surface area contributed by atoms with Crippen LogP contribution in [0.1, 0.15) is 16.7 Å². The second-order valence-electron chi connectivity index (χ2n) is 4.81. The highest BCUT2D eigenvalue weighted by atomic mass is 32.1. The maximum absolute atomic E-state index is 2.36. The highest BCUT2D eigenvalue weighted by molar-refractivity contribution is 7.17. The Morgan fingerprint density at radius 1 is 0.941 bits per heavy atom. The van der Waals surface area contributed by atoms with Crippen molar-refractivity contribution in [2.75, 3.05) is 0 Å². The van der Waals surface area contributed by atoms with Crippen molar-refractivity contribution in [3.8, 4) is 11.1 Å². The minimum atomic E-state index is 1.09. The van der Waals surface area contributed by atoms with E-state index in [2.05, 4.69) is 48.7 Å². The van der Waals surface area contributed by atoms with Gasteiger partial charge in [-0.15, -0.1) is 11.3 Å². The maximum atomic E-state index is 2.36. The molecule has 1 aliphatic rings. The van der Waals surface area contributed by atoms with Gasteiger partial charge in [0.05, 0.1) is 0 Å². The summed E-state index contributed by atoms with van der Waals surface area (Å²) in [4.78, 5) is 0. The predicted molar refractivity (Wildman–Crippen MR) is 74.8 cm³/mol. The summed E-state index contributed by atoms with van der Waals surface area (Å²) in [5, 5.41) is 3.56. The Balaban J connectivity index is 2.06. The molecule has 82 valence electrons. The van der Waals surface area contributed by atoms with Crippen LogP contribution < -0.4 is 0 Å². The van der Waals surface area contributed by atoms with Crippen LogP contribution >= 0.6 is 11.3 Å². The standard InChI is InChI=1S/C16H12S/c1-10-2-3-11-7-13-8-12-4-5-17-16(12)9-15(13)14(11)6-10/h2-6,8-9H,7H2,1H3. The summed E-state index contributed by atoms with van der Waals surface area (Å²) < 4.78 is 1.40. The summed E-state index contributed by atoms with van der Waals surface area (Å²) in [5.74, 6) is 0. The van der Waals surface area contributed by atoms with Crippen LogP contribution in [-0.4, -0.2) is 0 Å². The summed E-state index contributed by atoms with van der Waals surface area (Å²) in [6, 6.07) is 13.7. The second-order valence-corrected chi connectivity index (χ2v) is 5.75. The zero-order valence-corrected chi connectivity index (χ0v) is 10.5. The summed E-state index contributed by atoms with van der Waals surface area (Å²) in [6.45, 7) is 2.17. The van der Waals surface area contributed by atoms with Crippen molar-refractivity contribution in [1.82, 2.24) is 0 Å². The van der Waals surface area contributed by atoms with Crippen molar-refractivity contribution in [1.29, 1.82) is 0 Å². The quantitative estimate of drug-likeness (QED) is 0.412. The van der Waals surface area contributed by atoms with Crippen molar-refractivity contribution in [2.45, 2.75) is 13.3 Å². The molecule has 3 aromatic rings. The van der Waals surface area contributed by atoms with Crippen molar-refractivity contribution < 1.29 is 0 Å². The highest BCUT2D eigenvalue weighted by Crippen LogP contribution is 2.40. The third-order valence-electron chi connectivity index (χ3n) is 3.61. The topological polar surface area (TPSA) is 0 Å². The second kappa shape index (κ2) is 3.21. The molecule has 1 aliphatic carbocycles. The van der Waals surface area contributed by atoms with E-state index in [0.29, 0.717) is 0 Å². The molecule has 0 N–H and O–H groups in total. The first-order valence-corrected chi connectivity index (χ1v) is 6.79. The van der Waals surface area contributed by atoms with Crippen LogP contribution in [-0.2, 0) is 6.42 Å². The average Bonchev–Trinajstić information content (AvgIpc) is 2.89. The first kappa shape index (κ1) is 9.43. The Bertz CT molecular complexity index is 734. The van der Waals surface area contributed by atoms with Gasteiger partial charge >= 0.3 is 0 Å². The third kappa shape index (κ3) is 1.29. The fraction of sp³-hybridized carbons (Fsp3) is 0.125. The molecule has 0 unspecified atom stereocenters. The molecule has 17 heavy (non-hydrogen) atoms. The molecule has 0 amide bonds. The van der Waals surface area contributed by atoms with E-state index >= 15 is 0 Å². The lowest BCUT2D eigenvalue weighted by atomic mass is 10.0. The molecule has 0 nitrogen and oxygen atoms in total. The molecular formula is C16H12S. The predicted octanol–water partition coefficient (Wildman–Crippen LogP) is 4.78. The maximum Gasteiger partial charge on any atom is 0.0349 e. The molecular weight excluding hydrogens is 224 g/mol. The van der Waals surface area contributed by atoms with Crippen LogP contribution in [0.5, 0.6) is 0 Å². The molecule has 0 bridgehead atoms. The van der Waals surface area contributed by atoms with Gasteiger partial charge in [0.2, 0.25) is 0 Å². The van der Waals surface area contributed by atoms with Crippen LogP contribution in [0, 0.1) is 6.92 Å². The van der Waals surface area contributed by atoms with E-state index in [4.69, 9.17) is 0 Å². The molecule has 4 rings (SSSR count). The Kier molecular flexibility index (Phi) is 1.78. The van der Waals surface area contributed by atoms with Crippen molar-refractivity contribution in [3.63, 3.8) is 0 Å². The molecule has 1 heterocycles. The van der Waals surface area contributed by atoms with Gasteiger partial charge in [-0.05, 0) is 64.6 Å². The minimum Gasteiger partial charge on any atom is -0.144 e. The van der Waals surface area contributed by atoms with E-state index in [-0.39, 0.29) is 0 Å². The van der Waals surface area contributed by atoms with Crippen LogP contribution in [0.2, 0.25) is 0 Å². The summed E-state index contributed by atoms with van der Waals surface area (Å²) in [6.07, 6.45) is 1.09. The summed E-state index contributed by atoms with van der Waals surface area (Å²) >= 11 is 1.83. The third-order valence-corrected chi connectivity index (χ3v) is 4.49. The molecule has 1 aromatic heterocycles. The van der Waals surface area contributed by atoms with Gasteiger partial charge in [0, 0.05) is 4.70 Å². The molecule has 0 saturated heterocycles. The van der Waals surface area contributed by atoms with E-state index in [9.17, 15) is 0 Å². The van der Waals surface area contributed by atoms with E-state index < -0.39 is 0 Å². The average molecular weight is 236 g/mol. The Morgan fingerprint density at radius 3 is 2.76 bits per heavy atom. The zero-order chi connectivity index (χ0) is 11.4. The number of hydrogen-bond acceptors (Lipinski definition) is 1. The van der Waals surface area contributed by atoms with Gasteiger partial charge in [-0.2, -0.15) is 0 Å². The van der Waals surface area contributed by atoms with Gasteiger partial charge in [0.15, 0.2) is 0 Å². The Morgan fingerprint density at radius 2 is 1.82 bits per heavy atom. The van der Waals surface area contributed by atoms with Crippen LogP contribution in [0.4, 0.5) is 0 Å². The summed E-state index contributed by atoms with van der Waals surface area (Å²) in [5.41, 5.74) is 7.19. The minimum absolute atomic E-state index is 1.09. The smallest absolute Gasteiger partial charge is 0.0349 e.